The summed E-state index contributed by atoms with van der Waals surface area (Å²) < 4.78 is 74.3. The topological polar surface area (TPSA) is 146 Å². The summed E-state index contributed by atoms with van der Waals surface area (Å²) in [5, 5.41) is 9.65. The number of piperazine rings is 1. The summed E-state index contributed by atoms with van der Waals surface area (Å²) in [5.74, 6) is -2.38. The molecular weight excluding hydrogens is 855 g/mol. The van der Waals surface area contributed by atoms with E-state index in [9.17, 15) is 27.6 Å². The molecule has 4 aromatic rings. The molecule has 0 saturated carbocycles. The quantitative estimate of drug-likeness (QED) is 0.137. The number of hydrogen-bond donors (Lipinski definition) is 3. The zero-order valence-corrected chi connectivity index (χ0v) is 38.5. The predicted molar refractivity (Wildman–Crippen MR) is 237 cm³/mol. The van der Waals surface area contributed by atoms with Crippen LogP contribution in [0.1, 0.15) is 69.8 Å². The predicted octanol–water partition coefficient (Wildman–Crippen LogP) is 5.88. The molecule has 14 nitrogen and oxygen atoms in total. The van der Waals surface area contributed by atoms with Crippen molar-refractivity contribution in [2.24, 2.45) is 11.3 Å². The number of hydrazine groups is 1. The van der Waals surface area contributed by atoms with Crippen LogP contribution in [-0.2, 0) is 43.2 Å². The Morgan fingerprint density at radius 1 is 1.09 bits per heavy atom. The number of benzene rings is 1. The number of esters is 1. The lowest BCUT2D eigenvalue weighted by atomic mass is 9.84. The smallest absolute Gasteiger partial charge is 0.406 e. The lowest BCUT2D eigenvalue weighted by Gasteiger charge is -2.36. The first-order valence-electron chi connectivity index (χ1n) is 21.8. The molecule has 3 aromatic heterocycles. The Morgan fingerprint density at radius 2 is 1.83 bits per heavy atom. The van der Waals surface area contributed by atoms with Gasteiger partial charge in [-0.05, 0) is 70.0 Å². The number of fused-ring (bicyclic) bond motifs is 6. The molecule has 3 N–H and O–H groups in total. The number of cyclic esters (lactones) is 1. The number of methoxy groups -OCH3 is 1. The van der Waals surface area contributed by atoms with E-state index in [2.05, 4.69) is 25.9 Å². The van der Waals surface area contributed by atoms with E-state index in [1.807, 2.05) is 40.8 Å². The standard InChI is InChI=1S/C45H59F4N9O5S/c1-25(2)38(50-6)41(59)53-34-19-37-52-35(22-64-37)29-17-28-31(20-44(4,5)24-63-43(61)33-10-9-11-58(54-33)42(34)60)40(57(23-45(47,48)49)36(28)18-32(29)46)30-16-27(21-51-39(30)26(3)62-8)56-14-12-55(7)13-15-56/h16-18,21-22,25-26,33-34,38,50,54H,9-15,19-20,23-24H2,1-8H3,(H,53,59)/t26-,33-,34-,38-/m0/s1. The van der Waals surface area contributed by atoms with Crippen molar-refractivity contribution in [1.82, 2.24) is 40.5 Å². The minimum Gasteiger partial charge on any atom is -0.464 e. The lowest BCUT2D eigenvalue weighted by molar-refractivity contribution is -0.155. The fraction of sp³-hybridized carbons (Fsp3) is 0.578. The van der Waals surface area contributed by atoms with Crippen molar-refractivity contribution in [3.63, 3.8) is 0 Å². The van der Waals surface area contributed by atoms with Gasteiger partial charge >= 0.3 is 12.1 Å². The van der Waals surface area contributed by atoms with Gasteiger partial charge in [-0.15, -0.1) is 11.3 Å². The number of ether oxygens (including phenoxy) is 2. The first-order chi connectivity index (χ1) is 30.3. The monoisotopic (exact) mass is 913 g/mol. The molecule has 348 valence electrons. The molecule has 4 atom stereocenters. The highest BCUT2D eigenvalue weighted by molar-refractivity contribution is 7.10. The minimum absolute atomic E-state index is 0.0198. The number of carbonyl (C=O) groups excluding carboxylic acids is 3. The van der Waals surface area contributed by atoms with E-state index < -0.39 is 66.0 Å². The van der Waals surface area contributed by atoms with Gasteiger partial charge in [-0.2, -0.15) is 13.2 Å². The molecule has 3 aliphatic rings. The van der Waals surface area contributed by atoms with Crippen LogP contribution in [0.15, 0.2) is 29.8 Å². The van der Waals surface area contributed by atoms with Crippen molar-refractivity contribution < 1.29 is 41.4 Å². The molecule has 6 heterocycles. The molecule has 2 saturated heterocycles. The number of alkyl halides is 3. The second-order valence-electron chi connectivity index (χ2n) is 18.3. The zero-order chi connectivity index (χ0) is 46.2. The molecule has 0 radical (unpaired) electrons. The minimum atomic E-state index is -4.71. The van der Waals surface area contributed by atoms with Crippen LogP contribution in [0.25, 0.3) is 33.4 Å². The number of likely N-dealkylation sites (N-methyl/N-ethyl adjacent to an activating group) is 2. The molecule has 64 heavy (non-hydrogen) atoms. The molecule has 0 unspecified atom stereocenters. The van der Waals surface area contributed by atoms with Gasteiger partial charge in [-0.25, -0.2) is 14.8 Å². The first kappa shape index (κ1) is 47.3. The van der Waals surface area contributed by atoms with Crippen molar-refractivity contribution in [3.05, 3.63) is 51.9 Å². The number of pyridine rings is 1. The highest BCUT2D eigenvalue weighted by atomic mass is 32.1. The number of nitrogens with zero attached hydrogens (tertiary/aromatic N) is 6. The Balaban J connectivity index is 1.44. The molecule has 0 spiro atoms. The normalized spacial score (nSPS) is 21.2. The number of rotatable bonds is 9. The molecule has 0 aliphatic carbocycles. The van der Waals surface area contributed by atoms with Gasteiger partial charge in [0.25, 0.3) is 5.91 Å². The van der Waals surface area contributed by atoms with Gasteiger partial charge in [0.15, 0.2) is 0 Å². The second-order valence-corrected chi connectivity index (χ2v) is 19.3. The first-order valence-corrected chi connectivity index (χ1v) is 22.7. The van der Waals surface area contributed by atoms with Gasteiger partial charge < -0.3 is 34.5 Å². The van der Waals surface area contributed by atoms with Crippen LogP contribution in [0.3, 0.4) is 0 Å². The third kappa shape index (κ3) is 10.2. The Labute approximate surface area is 375 Å². The van der Waals surface area contributed by atoms with Gasteiger partial charge in [0.05, 0.1) is 58.2 Å². The zero-order valence-electron chi connectivity index (χ0n) is 37.7. The summed E-state index contributed by atoms with van der Waals surface area (Å²) in [7, 11) is 5.20. The van der Waals surface area contributed by atoms with Crippen molar-refractivity contribution in [2.45, 2.75) is 97.3 Å². The van der Waals surface area contributed by atoms with Crippen LogP contribution < -0.4 is 21.0 Å². The van der Waals surface area contributed by atoms with Crippen molar-refractivity contribution >= 4 is 45.7 Å². The number of nitrogens with one attached hydrogen (secondary N) is 3. The molecule has 19 heteroatoms. The van der Waals surface area contributed by atoms with Crippen LogP contribution in [0.2, 0.25) is 0 Å². The van der Waals surface area contributed by atoms with Crippen molar-refractivity contribution in [3.8, 4) is 22.5 Å². The number of halogens is 4. The lowest BCUT2D eigenvalue weighted by Crippen LogP contribution is -2.61. The van der Waals surface area contributed by atoms with Crippen molar-refractivity contribution in [1.29, 1.82) is 0 Å². The third-order valence-electron chi connectivity index (χ3n) is 12.4. The van der Waals surface area contributed by atoms with Gasteiger partial charge in [0.1, 0.15) is 24.4 Å². The number of aromatic nitrogens is 3. The SMILES string of the molecule is CN[C@H](C(=O)N[C@H]1Cc2nc(cs2)-c2cc3c(c(-c4cc(N5CCN(C)CC5)cnc4[C@H](C)OC)n(CC(F)(F)F)c3cc2F)CC(C)(C)COC(=O)[C@@H]2CCCN(N2)C1=O)C(C)C. The van der Waals surface area contributed by atoms with E-state index in [0.717, 1.165) is 29.4 Å². The van der Waals surface area contributed by atoms with Gasteiger partial charge in [0.2, 0.25) is 5.91 Å². The molecule has 3 aliphatic heterocycles. The number of hydrogen-bond acceptors (Lipinski definition) is 12. The van der Waals surface area contributed by atoms with Crippen LogP contribution in [0.5, 0.6) is 0 Å². The maximum Gasteiger partial charge on any atom is 0.406 e. The summed E-state index contributed by atoms with van der Waals surface area (Å²) >= 11 is 1.17. The average molecular weight is 914 g/mol. The van der Waals surface area contributed by atoms with Gasteiger partial charge in [0, 0.05) is 73.6 Å². The van der Waals surface area contributed by atoms with E-state index in [-0.39, 0.29) is 54.4 Å². The maximum atomic E-state index is 16.7. The molecule has 6 bridgehead atoms. The van der Waals surface area contributed by atoms with E-state index >= 15 is 4.39 Å². The number of carbonyl (C=O) groups is 3. The summed E-state index contributed by atoms with van der Waals surface area (Å²) in [5.41, 5.74) is 4.70. The Kier molecular flexibility index (Phi) is 14.1. The summed E-state index contributed by atoms with van der Waals surface area (Å²) in [6.45, 7) is 10.9. The molecule has 1 aromatic carbocycles. The molecule has 2 fully saturated rings. The van der Waals surface area contributed by atoms with Crippen LogP contribution in [0.4, 0.5) is 23.2 Å². The van der Waals surface area contributed by atoms with E-state index in [1.165, 1.54) is 23.5 Å². The Hall–Kier alpha value is -4.69. The highest BCUT2D eigenvalue weighted by Gasteiger charge is 2.38. The maximum absolute atomic E-state index is 16.7. The van der Waals surface area contributed by atoms with Crippen LogP contribution >= 0.6 is 11.3 Å². The third-order valence-corrected chi connectivity index (χ3v) is 13.3. The van der Waals surface area contributed by atoms with E-state index in [1.54, 1.807) is 31.6 Å². The second kappa shape index (κ2) is 19.0. The largest absolute Gasteiger partial charge is 0.464 e. The molecule has 2 amide bonds. The number of thiazole rings is 1. The summed E-state index contributed by atoms with van der Waals surface area (Å²) in [4.78, 5) is 55.6. The van der Waals surface area contributed by atoms with Gasteiger partial charge in [-0.3, -0.25) is 24.4 Å². The van der Waals surface area contributed by atoms with Gasteiger partial charge in [-0.1, -0.05) is 27.7 Å². The molecular formula is C45H59F4N9O5S. The summed E-state index contributed by atoms with van der Waals surface area (Å²) in [6, 6.07) is 1.92. The average Bonchev–Trinajstić information content (AvgIpc) is 3.82. The number of amides is 2. The molecule has 7 rings (SSSR count). The summed E-state index contributed by atoms with van der Waals surface area (Å²) in [6.07, 6.45) is -2.71. The van der Waals surface area contributed by atoms with E-state index in [0.29, 0.717) is 53.1 Å². The highest BCUT2D eigenvalue weighted by Crippen LogP contribution is 2.44. The van der Waals surface area contributed by atoms with E-state index in [4.69, 9.17) is 19.4 Å². The fourth-order valence-electron chi connectivity index (χ4n) is 8.92. The Morgan fingerprint density at radius 3 is 2.50 bits per heavy atom. The van der Waals surface area contributed by atoms with Crippen molar-refractivity contribution in [2.75, 3.05) is 65.4 Å². The van der Waals surface area contributed by atoms with Crippen LogP contribution in [0, 0.1) is 17.2 Å². The Bertz CT molecular complexity index is 2360. The van der Waals surface area contributed by atoms with Crippen LogP contribution in [-0.4, -0.2) is 127 Å². The number of anilines is 1. The fourth-order valence-corrected chi connectivity index (χ4v) is 9.77.